The molecule has 1 heterocycles. The second kappa shape index (κ2) is 5.53. The van der Waals surface area contributed by atoms with Crippen LogP contribution in [-0.4, -0.2) is 36.5 Å². The minimum absolute atomic E-state index is 0.0836. The Bertz CT molecular complexity index is 433. The van der Waals surface area contributed by atoms with Gasteiger partial charge in [0, 0.05) is 26.6 Å². The van der Waals surface area contributed by atoms with Crippen molar-refractivity contribution in [3.05, 3.63) is 35.9 Å². The smallest absolute Gasteiger partial charge is 0.314 e. The number of nitrogens with zero attached hydrogens (tertiary/aromatic N) is 1. The number of carbonyl (C=O) groups excluding carboxylic acids is 2. The quantitative estimate of drug-likeness (QED) is 0.826. The summed E-state index contributed by atoms with van der Waals surface area (Å²) in [5.74, 6) is 0.0836. The van der Waals surface area contributed by atoms with Gasteiger partial charge in [0.2, 0.25) is 5.91 Å². The van der Waals surface area contributed by atoms with Gasteiger partial charge < -0.3 is 15.5 Å². The zero-order valence-corrected chi connectivity index (χ0v) is 10.3. The first kappa shape index (κ1) is 12.4. The van der Waals surface area contributed by atoms with Gasteiger partial charge in [-0.15, -0.1) is 0 Å². The fourth-order valence-electron chi connectivity index (χ4n) is 2.08. The summed E-state index contributed by atoms with van der Waals surface area (Å²) >= 11 is 0. The van der Waals surface area contributed by atoms with Gasteiger partial charge in [-0.3, -0.25) is 4.79 Å². The first-order chi connectivity index (χ1) is 8.69. The highest BCUT2D eigenvalue weighted by Crippen LogP contribution is 2.14. The molecule has 0 aliphatic carbocycles. The largest absolute Gasteiger partial charge is 0.341 e. The highest BCUT2D eigenvalue weighted by atomic mass is 16.2. The maximum Gasteiger partial charge on any atom is 0.314 e. The van der Waals surface area contributed by atoms with Crippen molar-refractivity contribution in [2.45, 2.75) is 19.0 Å². The van der Waals surface area contributed by atoms with Crippen LogP contribution in [0.1, 0.15) is 12.0 Å². The first-order valence-electron chi connectivity index (χ1n) is 5.99. The molecular formula is C13H17N3O2. The molecule has 1 atom stereocenters. The lowest BCUT2D eigenvalue weighted by Gasteiger charge is -2.17. The van der Waals surface area contributed by atoms with Gasteiger partial charge >= 0.3 is 6.03 Å². The van der Waals surface area contributed by atoms with Gasteiger partial charge in [0.05, 0.1) is 6.04 Å². The van der Waals surface area contributed by atoms with Gasteiger partial charge in [-0.05, 0) is 5.56 Å². The molecule has 18 heavy (non-hydrogen) atoms. The van der Waals surface area contributed by atoms with Gasteiger partial charge in [-0.25, -0.2) is 4.79 Å². The third-order valence-electron chi connectivity index (χ3n) is 2.99. The molecule has 1 fully saturated rings. The second-order valence-corrected chi connectivity index (χ2v) is 4.38. The van der Waals surface area contributed by atoms with Gasteiger partial charge in [0.25, 0.3) is 0 Å². The Hall–Kier alpha value is -2.04. The minimum Gasteiger partial charge on any atom is -0.341 e. The molecule has 0 bridgehead atoms. The zero-order valence-electron chi connectivity index (χ0n) is 10.3. The van der Waals surface area contributed by atoms with E-state index in [9.17, 15) is 9.59 Å². The van der Waals surface area contributed by atoms with E-state index in [0.29, 0.717) is 19.5 Å². The van der Waals surface area contributed by atoms with Crippen molar-refractivity contribution >= 4 is 11.9 Å². The molecule has 2 N–H and O–H groups in total. The van der Waals surface area contributed by atoms with Crippen LogP contribution in [0.5, 0.6) is 0 Å². The minimum atomic E-state index is -0.241. The number of hydrogen-bond acceptors (Lipinski definition) is 2. The molecule has 5 nitrogen and oxygen atoms in total. The second-order valence-electron chi connectivity index (χ2n) is 4.38. The van der Waals surface area contributed by atoms with Crippen LogP contribution in [0.4, 0.5) is 4.79 Å². The van der Waals surface area contributed by atoms with Crippen LogP contribution in [0, 0.1) is 0 Å². The predicted octanol–water partition coefficient (Wildman–Crippen LogP) is 0.716. The monoisotopic (exact) mass is 247 g/mol. The molecule has 5 heteroatoms. The summed E-state index contributed by atoms with van der Waals surface area (Å²) < 4.78 is 0. The van der Waals surface area contributed by atoms with E-state index >= 15 is 0 Å². The zero-order chi connectivity index (χ0) is 13.0. The van der Waals surface area contributed by atoms with E-state index in [1.807, 2.05) is 30.3 Å². The SMILES string of the molecule is CNC(=O)NC1CC(=O)N(Cc2ccccc2)C1. The van der Waals surface area contributed by atoms with Crippen LogP contribution < -0.4 is 10.6 Å². The third kappa shape index (κ3) is 3.00. The number of carbonyl (C=O) groups is 2. The maximum absolute atomic E-state index is 11.8. The van der Waals surface area contributed by atoms with Gasteiger partial charge in [-0.2, -0.15) is 0 Å². The molecule has 0 radical (unpaired) electrons. The van der Waals surface area contributed by atoms with Crippen LogP contribution in [-0.2, 0) is 11.3 Å². The van der Waals surface area contributed by atoms with E-state index in [2.05, 4.69) is 10.6 Å². The molecule has 1 unspecified atom stereocenters. The van der Waals surface area contributed by atoms with E-state index < -0.39 is 0 Å². The molecular weight excluding hydrogens is 230 g/mol. The van der Waals surface area contributed by atoms with Crippen LogP contribution in [0.2, 0.25) is 0 Å². The number of amides is 3. The number of benzene rings is 1. The summed E-state index contributed by atoms with van der Waals surface area (Å²) in [4.78, 5) is 24.8. The summed E-state index contributed by atoms with van der Waals surface area (Å²) in [7, 11) is 1.56. The molecule has 1 saturated heterocycles. The molecule has 1 aromatic carbocycles. The third-order valence-corrected chi connectivity index (χ3v) is 2.99. The Labute approximate surface area is 106 Å². The summed E-state index contributed by atoms with van der Waals surface area (Å²) in [6.07, 6.45) is 0.375. The molecule has 3 amide bonds. The molecule has 2 rings (SSSR count). The summed E-state index contributed by atoms with van der Waals surface area (Å²) in [6.45, 7) is 1.17. The number of urea groups is 1. The van der Waals surface area contributed by atoms with Crippen molar-refractivity contribution < 1.29 is 9.59 Å². The maximum atomic E-state index is 11.8. The average molecular weight is 247 g/mol. The Morgan fingerprint density at radius 3 is 2.78 bits per heavy atom. The van der Waals surface area contributed by atoms with Crippen molar-refractivity contribution in [2.75, 3.05) is 13.6 Å². The molecule has 96 valence electrons. The first-order valence-corrected chi connectivity index (χ1v) is 5.99. The van der Waals surface area contributed by atoms with Gasteiger partial charge in [-0.1, -0.05) is 30.3 Å². The predicted molar refractivity (Wildman–Crippen MR) is 67.9 cm³/mol. The topological polar surface area (TPSA) is 61.4 Å². The number of rotatable bonds is 3. The number of nitrogens with one attached hydrogen (secondary N) is 2. The normalized spacial score (nSPS) is 18.8. The molecule has 1 aromatic rings. The Morgan fingerprint density at radius 1 is 1.39 bits per heavy atom. The Morgan fingerprint density at radius 2 is 2.11 bits per heavy atom. The van der Waals surface area contributed by atoms with Crippen molar-refractivity contribution in [2.24, 2.45) is 0 Å². The lowest BCUT2D eigenvalue weighted by atomic mass is 10.2. The Kier molecular flexibility index (Phi) is 3.82. The summed E-state index contributed by atoms with van der Waals surface area (Å²) in [5.41, 5.74) is 1.10. The van der Waals surface area contributed by atoms with E-state index in [0.717, 1.165) is 5.56 Å². The van der Waals surface area contributed by atoms with E-state index in [1.54, 1.807) is 11.9 Å². The lowest BCUT2D eigenvalue weighted by Crippen LogP contribution is -2.41. The highest BCUT2D eigenvalue weighted by Gasteiger charge is 2.30. The standard InChI is InChI=1S/C13H17N3O2/c1-14-13(18)15-11-7-12(17)16(9-11)8-10-5-3-2-4-6-10/h2-6,11H,7-9H2,1H3,(H2,14,15,18). The van der Waals surface area contributed by atoms with Gasteiger partial charge in [0.1, 0.15) is 0 Å². The van der Waals surface area contributed by atoms with E-state index in [1.165, 1.54) is 0 Å². The number of likely N-dealkylation sites (tertiary alicyclic amines) is 1. The van der Waals surface area contributed by atoms with Crippen molar-refractivity contribution in [1.82, 2.24) is 15.5 Å². The van der Waals surface area contributed by atoms with E-state index in [-0.39, 0.29) is 18.0 Å². The fraction of sp³-hybridized carbons (Fsp3) is 0.385. The van der Waals surface area contributed by atoms with Crippen LogP contribution >= 0.6 is 0 Å². The van der Waals surface area contributed by atoms with Gasteiger partial charge in [0.15, 0.2) is 0 Å². The van der Waals surface area contributed by atoms with Crippen molar-refractivity contribution in [3.8, 4) is 0 Å². The molecule has 1 aliphatic heterocycles. The molecule has 0 saturated carbocycles. The lowest BCUT2D eigenvalue weighted by molar-refractivity contribution is -0.128. The molecule has 0 spiro atoms. The van der Waals surface area contributed by atoms with Crippen LogP contribution in [0.15, 0.2) is 30.3 Å². The average Bonchev–Trinajstić information content (AvgIpc) is 2.71. The number of hydrogen-bond donors (Lipinski definition) is 2. The van der Waals surface area contributed by atoms with Crippen molar-refractivity contribution in [3.63, 3.8) is 0 Å². The Balaban J connectivity index is 1.91. The molecule has 1 aliphatic rings. The van der Waals surface area contributed by atoms with Crippen molar-refractivity contribution in [1.29, 1.82) is 0 Å². The van der Waals surface area contributed by atoms with E-state index in [4.69, 9.17) is 0 Å². The van der Waals surface area contributed by atoms with Crippen LogP contribution in [0.25, 0.3) is 0 Å². The summed E-state index contributed by atoms with van der Waals surface area (Å²) in [5, 5.41) is 5.25. The molecule has 0 aromatic heterocycles. The van der Waals surface area contributed by atoms with Crippen LogP contribution in [0.3, 0.4) is 0 Å². The highest BCUT2D eigenvalue weighted by molar-refractivity contribution is 5.81. The fourth-order valence-corrected chi connectivity index (χ4v) is 2.08. The summed E-state index contributed by atoms with van der Waals surface area (Å²) in [6, 6.07) is 9.51.